The molecule has 60 heavy (non-hydrogen) atoms. The molecule has 0 radical (unpaired) electrons. The van der Waals surface area contributed by atoms with Crippen molar-refractivity contribution < 1.29 is 24.5 Å². The van der Waals surface area contributed by atoms with Gasteiger partial charge in [0.1, 0.15) is 6.10 Å². The molecule has 3 unspecified atom stereocenters. The fraction of sp³-hybridized carbons (Fsp3) is 0.704. The average molecular weight is 836 g/mol. The van der Waals surface area contributed by atoms with Gasteiger partial charge in [-0.15, -0.1) is 0 Å². The molecule has 3 N–H and O–H groups in total. The number of carbonyl (C=O) groups excluding carboxylic acids is 2. The SMILES string of the molecule is CC/C=C/C=C/C=C/C=C\CCCCCC(CC(=O)NC(CO)C(O)CCCCCCCCCCCCCC)OC(=O)CCCCCCCC/C=C/C/C=C/C/C=C/CC. The van der Waals surface area contributed by atoms with E-state index in [1.54, 1.807) is 0 Å². The lowest BCUT2D eigenvalue weighted by atomic mass is 10.0. The third kappa shape index (κ3) is 41.8. The van der Waals surface area contributed by atoms with Gasteiger partial charge in [-0.25, -0.2) is 0 Å². The molecule has 1 amide bonds. The van der Waals surface area contributed by atoms with E-state index in [9.17, 15) is 19.8 Å². The van der Waals surface area contributed by atoms with Crippen LogP contribution in [0.3, 0.4) is 0 Å². The van der Waals surface area contributed by atoms with Crippen LogP contribution in [-0.2, 0) is 14.3 Å². The molecule has 0 aliphatic heterocycles. The minimum absolute atomic E-state index is 0.0419. The minimum atomic E-state index is -0.804. The molecule has 0 saturated heterocycles. The fourth-order valence-electron chi connectivity index (χ4n) is 7.10. The van der Waals surface area contributed by atoms with E-state index < -0.39 is 18.2 Å². The molecule has 6 nitrogen and oxygen atoms in total. The summed E-state index contributed by atoms with van der Waals surface area (Å²) >= 11 is 0. The lowest BCUT2D eigenvalue weighted by Crippen LogP contribution is -2.46. The van der Waals surface area contributed by atoms with E-state index >= 15 is 0 Å². The Bertz CT molecular complexity index is 1160. The lowest BCUT2D eigenvalue weighted by molar-refractivity contribution is -0.151. The maximum atomic E-state index is 13.2. The summed E-state index contributed by atoms with van der Waals surface area (Å²) in [7, 11) is 0. The van der Waals surface area contributed by atoms with Crippen LogP contribution in [-0.4, -0.2) is 46.9 Å². The molecule has 6 heteroatoms. The second kappa shape index (κ2) is 47.1. The van der Waals surface area contributed by atoms with Crippen molar-refractivity contribution in [3.63, 3.8) is 0 Å². The highest BCUT2D eigenvalue weighted by Gasteiger charge is 2.24. The Balaban J connectivity index is 4.67. The molecule has 0 fully saturated rings. The number of amides is 1. The van der Waals surface area contributed by atoms with Crippen LogP contribution >= 0.6 is 0 Å². The van der Waals surface area contributed by atoms with Crippen molar-refractivity contribution in [2.45, 2.75) is 238 Å². The van der Waals surface area contributed by atoms with Gasteiger partial charge in [-0.2, -0.15) is 0 Å². The maximum absolute atomic E-state index is 13.2. The Kier molecular flexibility index (Phi) is 44.8. The molecule has 0 rings (SSSR count). The Hall–Kier alpha value is -2.96. The predicted octanol–water partition coefficient (Wildman–Crippen LogP) is 14.8. The monoisotopic (exact) mass is 836 g/mol. The second-order valence-corrected chi connectivity index (χ2v) is 16.5. The van der Waals surface area contributed by atoms with Crippen LogP contribution in [0, 0.1) is 0 Å². The average Bonchev–Trinajstić information content (AvgIpc) is 3.24. The van der Waals surface area contributed by atoms with Gasteiger partial charge in [0.15, 0.2) is 0 Å². The zero-order chi connectivity index (χ0) is 43.8. The van der Waals surface area contributed by atoms with Crippen LogP contribution in [0.1, 0.15) is 220 Å². The summed E-state index contributed by atoms with van der Waals surface area (Å²) in [5, 5.41) is 23.7. The number of ether oxygens (including phenoxy) is 1. The summed E-state index contributed by atoms with van der Waals surface area (Å²) in [6.45, 7) is 6.21. The van der Waals surface area contributed by atoms with Crippen molar-refractivity contribution in [2.75, 3.05) is 6.61 Å². The van der Waals surface area contributed by atoms with Gasteiger partial charge in [0.2, 0.25) is 5.91 Å². The van der Waals surface area contributed by atoms with E-state index in [0.29, 0.717) is 19.3 Å². The largest absolute Gasteiger partial charge is 0.462 e. The van der Waals surface area contributed by atoms with E-state index in [2.05, 4.69) is 86.8 Å². The fourth-order valence-corrected chi connectivity index (χ4v) is 7.10. The first-order chi connectivity index (χ1) is 29.5. The standard InChI is InChI=1S/C54H93NO5/c1-4-7-10-13-16-19-22-25-26-27-29-32-35-38-41-44-47-54(59)60-50(45-42-39-36-33-30-28-23-20-17-14-11-8-5-2)48-53(58)55-51(49-56)52(57)46-43-40-37-34-31-24-21-18-15-12-9-6-3/h7-8,10-11,14,16-17,19-20,23,25-26,28,30,50-52,56-57H,4-6,9,12-13,15,18,21-22,24,27,29,31-49H2,1-3H3,(H,55,58)/b10-7+,11-8+,17-14+,19-16+,23-20+,26-25+,30-28-. The summed E-state index contributed by atoms with van der Waals surface area (Å²) in [6, 6.07) is -0.721. The summed E-state index contributed by atoms with van der Waals surface area (Å²) in [6.07, 6.45) is 60.7. The number of carbonyl (C=O) groups is 2. The predicted molar refractivity (Wildman–Crippen MR) is 259 cm³/mol. The highest BCUT2D eigenvalue weighted by atomic mass is 16.5. The molecule has 0 aromatic heterocycles. The van der Waals surface area contributed by atoms with E-state index in [0.717, 1.165) is 96.3 Å². The van der Waals surface area contributed by atoms with Crippen molar-refractivity contribution in [1.82, 2.24) is 5.32 Å². The smallest absolute Gasteiger partial charge is 0.306 e. The molecule has 0 aliphatic rings. The van der Waals surface area contributed by atoms with Crippen molar-refractivity contribution in [3.05, 3.63) is 85.1 Å². The quantitative estimate of drug-likeness (QED) is 0.0246. The van der Waals surface area contributed by atoms with Crippen LogP contribution in [0.5, 0.6) is 0 Å². The molecule has 0 bridgehead atoms. The number of aliphatic hydroxyl groups excluding tert-OH is 2. The zero-order valence-electron chi connectivity index (χ0n) is 39.1. The Morgan fingerprint density at radius 2 is 0.983 bits per heavy atom. The van der Waals surface area contributed by atoms with Crippen LogP contribution in [0.2, 0.25) is 0 Å². The number of nitrogens with one attached hydrogen (secondary N) is 1. The molecule has 0 aliphatic carbocycles. The Morgan fingerprint density at radius 1 is 0.517 bits per heavy atom. The van der Waals surface area contributed by atoms with E-state index in [1.807, 2.05) is 24.3 Å². The topological polar surface area (TPSA) is 95.9 Å². The first-order valence-corrected chi connectivity index (χ1v) is 24.9. The van der Waals surface area contributed by atoms with Gasteiger partial charge in [0.25, 0.3) is 0 Å². The molecule has 0 spiro atoms. The van der Waals surface area contributed by atoms with Crippen LogP contribution < -0.4 is 5.32 Å². The molecule has 3 atom stereocenters. The van der Waals surface area contributed by atoms with Crippen LogP contribution in [0.15, 0.2) is 85.1 Å². The van der Waals surface area contributed by atoms with Gasteiger partial charge in [-0.3, -0.25) is 9.59 Å². The highest BCUT2D eigenvalue weighted by molar-refractivity contribution is 5.77. The third-order valence-corrected chi connectivity index (χ3v) is 10.8. The third-order valence-electron chi connectivity index (χ3n) is 10.8. The number of rotatable bonds is 43. The van der Waals surface area contributed by atoms with Gasteiger partial charge in [0, 0.05) is 6.42 Å². The van der Waals surface area contributed by atoms with Gasteiger partial charge in [-0.05, 0) is 77.0 Å². The minimum Gasteiger partial charge on any atom is -0.462 e. The second-order valence-electron chi connectivity index (χ2n) is 16.5. The summed E-state index contributed by atoms with van der Waals surface area (Å²) in [5.74, 6) is -0.534. The molecule has 0 aromatic carbocycles. The normalized spacial score (nSPS) is 14.0. The molecular formula is C54H93NO5. The van der Waals surface area contributed by atoms with Gasteiger partial charge in [-0.1, -0.05) is 215 Å². The summed E-state index contributed by atoms with van der Waals surface area (Å²) < 4.78 is 5.90. The highest BCUT2D eigenvalue weighted by Crippen LogP contribution is 2.17. The van der Waals surface area contributed by atoms with Crippen molar-refractivity contribution in [3.8, 4) is 0 Å². The molecular weight excluding hydrogens is 743 g/mol. The Labute approximate surface area is 370 Å². The van der Waals surface area contributed by atoms with Gasteiger partial charge < -0.3 is 20.3 Å². The first-order valence-electron chi connectivity index (χ1n) is 24.9. The molecule has 344 valence electrons. The lowest BCUT2D eigenvalue weighted by Gasteiger charge is -2.24. The number of hydrogen-bond donors (Lipinski definition) is 3. The molecule has 0 saturated carbocycles. The van der Waals surface area contributed by atoms with Crippen molar-refractivity contribution in [2.24, 2.45) is 0 Å². The van der Waals surface area contributed by atoms with E-state index in [-0.39, 0.29) is 24.9 Å². The number of unbranched alkanes of at least 4 members (excludes halogenated alkanes) is 20. The zero-order valence-corrected chi connectivity index (χ0v) is 39.1. The van der Waals surface area contributed by atoms with Gasteiger partial charge in [0.05, 0.1) is 25.2 Å². The molecule has 0 heterocycles. The van der Waals surface area contributed by atoms with Crippen LogP contribution in [0.4, 0.5) is 0 Å². The number of esters is 1. The number of aliphatic hydroxyl groups is 2. The van der Waals surface area contributed by atoms with Crippen LogP contribution in [0.25, 0.3) is 0 Å². The van der Waals surface area contributed by atoms with E-state index in [1.165, 1.54) is 77.0 Å². The first kappa shape index (κ1) is 57.0. The van der Waals surface area contributed by atoms with E-state index in [4.69, 9.17) is 4.74 Å². The van der Waals surface area contributed by atoms with Gasteiger partial charge >= 0.3 is 5.97 Å². The summed E-state index contributed by atoms with van der Waals surface area (Å²) in [4.78, 5) is 26.1. The molecule has 0 aromatic rings. The maximum Gasteiger partial charge on any atom is 0.306 e. The number of allylic oxidation sites excluding steroid dienone is 14. The summed E-state index contributed by atoms with van der Waals surface area (Å²) in [5.41, 5.74) is 0. The number of hydrogen-bond acceptors (Lipinski definition) is 5. The Morgan fingerprint density at radius 3 is 1.58 bits per heavy atom. The van der Waals surface area contributed by atoms with Crippen molar-refractivity contribution >= 4 is 11.9 Å². The van der Waals surface area contributed by atoms with Crippen molar-refractivity contribution in [1.29, 1.82) is 0 Å².